The molecule has 0 amide bonds. The molecule has 0 heterocycles. The van der Waals surface area contributed by atoms with Gasteiger partial charge in [0, 0.05) is 0 Å². The van der Waals surface area contributed by atoms with E-state index in [0.717, 1.165) is 11.6 Å². The van der Waals surface area contributed by atoms with Crippen molar-refractivity contribution in [2.45, 2.75) is 19.5 Å². The van der Waals surface area contributed by atoms with Crippen molar-refractivity contribution < 1.29 is 13.2 Å². The lowest BCUT2D eigenvalue weighted by Gasteiger charge is -2.14. The van der Waals surface area contributed by atoms with Gasteiger partial charge in [-0.15, -0.1) is 0 Å². The molecule has 0 radical (unpaired) electrons. The molecule has 0 spiro atoms. The number of hydrogen-bond acceptors (Lipinski definition) is 0. The summed E-state index contributed by atoms with van der Waals surface area (Å²) in [6, 6.07) is 5.71. The highest BCUT2D eigenvalue weighted by molar-refractivity contribution is 5.82. The van der Waals surface area contributed by atoms with E-state index in [1.807, 2.05) is 19.1 Å². The fourth-order valence-corrected chi connectivity index (χ4v) is 1.91. The Labute approximate surface area is 92.1 Å². The molecule has 0 atom stereocenters. The van der Waals surface area contributed by atoms with Crippen LogP contribution in [0.1, 0.15) is 24.5 Å². The van der Waals surface area contributed by atoms with Gasteiger partial charge in [-0.25, -0.2) is 0 Å². The van der Waals surface area contributed by atoms with Gasteiger partial charge in [0.05, 0.1) is 5.56 Å². The molecule has 16 heavy (non-hydrogen) atoms. The van der Waals surface area contributed by atoms with Gasteiger partial charge in [-0.1, -0.05) is 30.4 Å². The summed E-state index contributed by atoms with van der Waals surface area (Å²) in [5.41, 5.74) is 1.33. The topological polar surface area (TPSA) is 0 Å². The van der Waals surface area contributed by atoms with E-state index in [2.05, 4.69) is 0 Å². The van der Waals surface area contributed by atoms with Crippen molar-refractivity contribution in [1.29, 1.82) is 0 Å². The molecule has 1 aromatic rings. The molecular formula is C13H11F3. The van der Waals surface area contributed by atoms with Gasteiger partial charge in [-0.3, -0.25) is 0 Å². The van der Waals surface area contributed by atoms with E-state index in [-0.39, 0.29) is 5.56 Å². The predicted octanol–water partition coefficient (Wildman–Crippen LogP) is 4.44. The molecule has 0 unspecified atom stereocenters. The zero-order chi connectivity index (χ0) is 11.8. The Bertz CT molecular complexity index is 464. The number of hydrogen-bond donors (Lipinski definition) is 0. The Morgan fingerprint density at radius 3 is 2.31 bits per heavy atom. The van der Waals surface area contributed by atoms with Gasteiger partial charge in [-0.05, 0) is 36.1 Å². The lowest BCUT2D eigenvalue weighted by molar-refractivity contribution is -0.137. The molecule has 1 aliphatic rings. The molecule has 2 rings (SSSR count). The van der Waals surface area contributed by atoms with Gasteiger partial charge in [0.1, 0.15) is 0 Å². The number of alkyl halides is 3. The van der Waals surface area contributed by atoms with Crippen LogP contribution in [0.2, 0.25) is 0 Å². The first kappa shape index (κ1) is 11.0. The van der Waals surface area contributed by atoms with Crippen molar-refractivity contribution in [3.05, 3.63) is 53.1 Å². The van der Waals surface area contributed by atoms with Gasteiger partial charge in [0.25, 0.3) is 0 Å². The van der Waals surface area contributed by atoms with Crippen molar-refractivity contribution >= 4 is 5.57 Å². The summed E-state index contributed by atoms with van der Waals surface area (Å²) in [6.45, 7) is 1.84. The molecule has 1 aromatic carbocycles. The summed E-state index contributed by atoms with van der Waals surface area (Å²) in [5.74, 6) is 0. The zero-order valence-corrected chi connectivity index (χ0v) is 8.81. The van der Waals surface area contributed by atoms with Crippen molar-refractivity contribution in [1.82, 2.24) is 0 Å². The third-order valence-electron chi connectivity index (χ3n) is 2.69. The highest BCUT2D eigenvalue weighted by Crippen LogP contribution is 2.38. The van der Waals surface area contributed by atoms with E-state index in [1.54, 1.807) is 6.07 Å². The maximum absolute atomic E-state index is 12.8. The molecule has 0 nitrogen and oxygen atoms in total. The number of rotatable bonds is 1. The molecule has 84 valence electrons. The van der Waals surface area contributed by atoms with Crippen LogP contribution >= 0.6 is 0 Å². The molecular weight excluding hydrogens is 213 g/mol. The summed E-state index contributed by atoms with van der Waals surface area (Å²) in [5, 5.41) is 0. The quantitative estimate of drug-likeness (QED) is 0.661. The van der Waals surface area contributed by atoms with E-state index in [4.69, 9.17) is 0 Å². The van der Waals surface area contributed by atoms with Crippen LogP contribution in [0.25, 0.3) is 5.57 Å². The van der Waals surface area contributed by atoms with Crippen LogP contribution in [0, 0.1) is 0 Å². The van der Waals surface area contributed by atoms with Crippen LogP contribution in [-0.2, 0) is 6.18 Å². The lowest BCUT2D eigenvalue weighted by atomic mass is 9.96. The second-order valence-electron chi connectivity index (χ2n) is 3.78. The highest BCUT2D eigenvalue weighted by atomic mass is 19.4. The second kappa shape index (κ2) is 3.81. The molecule has 0 aliphatic heterocycles. The van der Waals surface area contributed by atoms with Crippen LogP contribution < -0.4 is 0 Å². The normalized spacial score (nSPS) is 16.0. The summed E-state index contributed by atoms with van der Waals surface area (Å²) in [6.07, 6.45) is 0.191. The average Bonchev–Trinajstić information content (AvgIpc) is 2.63. The molecule has 3 heteroatoms. The molecule has 0 saturated heterocycles. The van der Waals surface area contributed by atoms with Crippen molar-refractivity contribution in [2.75, 3.05) is 0 Å². The van der Waals surface area contributed by atoms with Gasteiger partial charge in [0.15, 0.2) is 0 Å². The fraction of sp³-hybridized carbons (Fsp3) is 0.231. The van der Waals surface area contributed by atoms with Gasteiger partial charge < -0.3 is 0 Å². The van der Waals surface area contributed by atoms with Crippen LogP contribution in [-0.4, -0.2) is 0 Å². The van der Waals surface area contributed by atoms with Crippen molar-refractivity contribution in [3.63, 3.8) is 0 Å². The Kier molecular flexibility index (Phi) is 2.62. The summed E-state index contributed by atoms with van der Waals surface area (Å²) >= 11 is 0. The van der Waals surface area contributed by atoms with Crippen LogP contribution in [0.15, 0.2) is 42.0 Å². The second-order valence-corrected chi connectivity index (χ2v) is 3.78. The minimum absolute atomic E-state index is 0.279. The monoisotopic (exact) mass is 224 g/mol. The van der Waals surface area contributed by atoms with E-state index < -0.39 is 11.7 Å². The van der Waals surface area contributed by atoms with Crippen molar-refractivity contribution in [3.8, 4) is 0 Å². The Morgan fingerprint density at radius 1 is 1.06 bits per heavy atom. The molecule has 0 aromatic heterocycles. The first-order chi connectivity index (χ1) is 7.50. The SMILES string of the molecule is CC1=CCC=C1c1ccccc1C(F)(F)F. The maximum Gasteiger partial charge on any atom is 0.417 e. The van der Waals surface area contributed by atoms with Gasteiger partial charge in [-0.2, -0.15) is 13.2 Å². The summed E-state index contributed by atoms with van der Waals surface area (Å²) in [7, 11) is 0. The Morgan fingerprint density at radius 2 is 1.75 bits per heavy atom. The third-order valence-corrected chi connectivity index (χ3v) is 2.69. The van der Waals surface area contributed by atoms with Crippen molar-refractivity contribution in [2.24, 2.45) is 0 Å². The number of benzene rings is 1. The molecule has 0 saturated carbocycles. The fourth-order valence-electron chi connectivity index (χ4n) is 1.91. The number of allylic oxidation sites excluding steroid dienone is 4. The van der Waals surface area contributed by atoms with E-state index >= 15 is 0 Å². The first-order valence-electron chi connectivity index (χ1n) is 5.04. The smallest absolute Gasteiger partial charge is 0.166 e. The maximum atomic E-state index is 12.8. The Hall–Kier alpha value is -1.51. The molecule has 0 fully saturated rings. The minimum Gasteiger partial charge on any atom is -0.166 e. The largest absolute Gasteiger partial charge is 0.417 e. The molecule has 0 N–H and O–H groups in total. The highest BCUT2D eigenvalue weighted by Gasteiger charge is 2.34. The van der Waals surface area contributed by atoms with Crippen LogP contribution in [0.3, 0.4) is 0 Å². The van der Waals surface area contributed by atoms with Gasteiger partial charge >= 0.3 is 6.18 Å². The van der Waals surface area contributed by atoms with E-state index in [9.17, 15) is 13.2 Å². The van der Waals surface area contributed by atoms with E-state index in [0.29, 0.717) is 12.0 Å². The first-order valence-corrected chi connectivity index (χ1v) is 5.04. The summed E-state index contributed by atoms with van der Waals surface area (Å²) in [4.78, 5) is 0. The summed E-state index contributed by atoms with van der Waals surface area (Å²) < 4.78 is 38.3. The Balaban J connectivity index is 2.54. The molecule has 0 bridgehead atoms. The molecule has 1 aliphatic carbocycles. The lowest BCUT2D eigenvalue weighted by Crippen LogP contribution is -2.08. The van der Waals surface area contributed by atoms with Gasteiger partial charge in [0.2, 0.25) is 0 Å². The van der Waals surface area contributed by atoms with E-state index in [1.165, 1.54) is 12.1 Å². The minimum atomic E-state index is -4.29. The van der Waals surface area contributed by atoms with Crippen LogP contribution in [0.5, 0.6) is 0 Å². The standard InChI is InChI=1S/C13H11F3/c1-9-5-4-7-10(9)11-6-2-3-8-12(11)13(14,15)16/h2-3,5-8H,4H2,1H3. The predicted molar refractivity (Wildman–Crippen MR) is 57.8 cm³/mol. The zero-order valence-electron chi connectivity index (χ0n) is 8.81. The average molecular weight is 224 g/mol. The van der Waals surface area contributed by atoms with Crippen LogP contribution in [0.4, 0.5) is 13.2 Å². The third kappa shape index (κ3) is 1.90. The number of halogens is 3.